The van der Waals surface area contributed by atoms with Gasteiger partial charge in [0.2, 0.25) is 0 Å². The maximum absolute atomic E-state index is 11.5. The molecular formula is C24H40O4. The van der Waals surface area contributed by atoms with E-state index in [-0.39, 0.29) is 29.5 Å². The van der Waals surface area contributed by atoms with Crippen molar-refractivity contribution in [3.05, 3.63) is 0 Å². The highest BCUT2D eigenvalue weighted by Crippen LogP contribution is 2.68. The van der Waals surface area contributed by atoms with E-state index in [0.717, 1.165) is 38.5 Å². The number of aliphatic hydroxyl groups excluding tert-OH is 2. The molecule has 4 aliphatic carbocycles. The van der Waals surface area contributed by atoms with Crippen LogP contribution in [-0.4, -0.2) is 33.5 Å². The van der Waals surface area contributed by atoms with E-state index >= 15 is 0 Å². The number of carboxylic acid groups (broad SMARTS) is 1. The van der Waals surface area contributed by atoms with E-state index in [9.17, 15) is 15.0 Å². The van der Waals surface area contributed by atoms with Gasteiger partial charge in [0.05, 0.1) is 12.2 Å². The molecule has 4 rings (SSSR count). The Morgan fingerprint density at radius 2 is 1.79 bits per heavy atom. The molecule has 3 N–H and O–H groups in total. The van der Waals surface area contributed by atoms with Crippen LogP contribution in [0.15, 0.2) is 0 Å². The number of fused-ring (bicyclic) bond motifs is 5. The molecule has 0 aromatic carbocycles. The van der Waals surface area contributed by atoms with Gasteiger partial charge in [-0.05, 0) is 104 Å². The lowest BCUT2D eigenvalue weighted by Crippen LogP contribution is -2.58. The number of rotatable bonds is 4. The molecule has 0 aromatic heterocycles. The van der Waals surface area contributed by atoms with Gasteiger partial charge in [-0.25, -0.2) is 0 Å². The number of carbonyl (C=O) groups is 1. The fraction of sp³-hybridized carbons (Fsp3) is 0.958. The van der Waals surface area contributed by atoms with Gasteiger partial charge in [-0.1, -0.05) is 20.8 Å². The Bertz CT molecular complexity index is 605. The van der Waals surface area contributed by atoms with E-state index in [1.165, 1.54) is 19.3 Å². The molecule has 4 saturated carbocycles. The average molecular weight is 393 g/mol. The molecule has 0 spiro atoms. The largest absolute Gasteiger partial charge is 0.481 e. The maximum Gasteiger partial charge on any atom is 0.303 e. The van der Waals surface area contributed by atoms with Crippen LogP contribution >= 0.6 is 0 Å². The Morgan fingerprint density at radius 1 is 1.04 bits per heavy atom. The van der Waals surface area contributed by atoms with E-state index in [4.69, 9.17) is 5.11 Å². The second-order valence-corrected chi connectivity index (χ2v) is 11.3. The first-order chi connectivity index (χ1) is 13.2. The lowest BCUT2D eigenvalue weighted by atomic mass is 9.43. The molecule has 28 heavy (non-hydrogen) atoms. The molecule has 0 aliphatic heterocycles. The topological polar surface area (TPSA) is 77.8 Å². The Balaban J connectivity index is 1.56. The minimum absolute atomic E-state index is 0.0591. The summed E-state index contributed by atoms with van der Waals surface area (Å²) in [5.74, 6) is 2.55. The van der Waals surface area contributed by atoms with Crippen LogP contribution in [0.1, 0.15) is 85.0 Å². The van der Waals surface area contributed by atoms with Gasteiger partial charge in [-0.3, -0.25) is 4.79 Å². The van der Waals surface area contributed by atoms with Crippen molar-refractivity contribution >= 4 is 5.97 Å². The van der Waals surface area contributed by atoms with Crippen LogP contribution in [0.4, 0.5) is 0 Å². The predicted octanol–water partition coefficient (Wildman–Crippen LogP) is 4.48. The summed E-state index contributed by atoms with van der Waals surface area (Å²) in [5, 5.41) is 30.8. The van der Waals surface area contributed by atoms with Crippen molar-refractivity contribution in [2.45, 2.75) is 97.2 Å². The molecule has 0 radical (unpaired) electrons. The zero-order valence-corrected chi connectivity index (χ0v) is 17.9. The highest BCUT2D eigenvalue weighted by atomic mass is 16.4. The third-order valence-electron chi connectivity index (χ3n) is 10.3. The number of aliphatic carboxylic acids is 1. The molecule has 4 fully saturated rings. The van der Waals surface area contributed by atoms with E-state index in [2.05, 4.69) is 20.8 Å². The maximum atomic E-state index is 11.5. The van der Waals surface area contributed by atoms with Gasteiger partial charge in [0.15, 0.2) is 0 Å². The molecule has 4 aliphatic rings. The molecule has 160 valence electrons. The first kappa shape index (κ1) is 20.7. The summed E-state index contributed by atoms with van der Waals surface area (Å²) in [6.45, 7) is 6.99. The SMILES string of the molecule is CC(CCC(=O)O)C1CCC2C3CC[C@@H]4C[C@H](O)CC[C@]4(C)[C@H]3C[C@H](O)[C@]12C. The monoisotopic (exact) mass is 392 g/mol. The summed E-state index contributed by atoms with van der Waals surface area (Å²) < 4.78 is 0. The Labute approximate surface area is 170 Å². The van der Waals surface area contributed by atoms with Crippen LogP contribution in [0.3, 0.4) is 0 Å². The first-order valence-electron chi connectivity index (χ1n) is 11.8. The van der Waals surface area contributed by atoms with Gasteiger partial charge in [0.25, 0.3) is 0 Å². The summed E-state index contributed by atoms with van der Waals surface area (Å²) in [6, 6.07) is 0. The van der Waals surface area contributed by atoms with Gasteiger partial charge >= 0.3 is 5.97 Å². The smallest absolute Gasteiger partial charge is 0.303 e. The summed E-state index contributed by atoms with van der Waals surface area (Å²) in [6.07, 6.45) is 9.26. The van der Waals surface area contributed by atoms with Crippen LogP contribution in [0.2, 0.25) is 0 Å². The second kappa shape index (κ2) is 7.27. The first-order valence-corrected chi connectivity index (χ1v) is 11.8. The fourth-order valence-electron chi connectivity index (χ4n) is 8.71. The van der Waals surface area contributed by atoms with Crippen molar-refractivity contribution in [1.29, 1.82) is 0 Å². The van der Waals surface area contributed by atoms with Crippen LogP contribution < -0.4 is 0 Å². The van der Waals surface area contributed by atoms with Crippen molar-refractivity contribution in [2.75, 3.05) is 0 Å². The minimum atomic E-state index is -0.707. The summed E-state index contributed by atoms with van der Waals surface area (Å²) >= 11 is 0. The summed E-state index contributed by atoms with van der Waals surface area (Å²) in [7, 11) is 0. The number of carboxylic acids is 1. The third-order valence-corrected chi connectivity index (χ3v) is 10.3. The molecule has 0 bridgehead atoms. The Kier molecular flexibility index (Phi) is 5.36. The van der Waals surface area contributed by atoms with Gasteiger partial charge in [0, 0.05) is 6.42 Å². The van der Waals surface area contributed by atoms with Gasteiger partial charge in [-0.15, -0.1) is 0 Å². The fourth-order valence-corrected chi connectivity index (χ4v) is 8.71. The van der Waals surface area contributed by atoms with Crippen molar-refractivity contribution in [2.24, 2.45) is 46.3 Å². The molecule has 0 saturated heterocycles. The molecule has 0 aromatic rings. The normalized spacial score (nSPS) is 51.7. The standard InChI is InChI=1S/C24H40O4/c1-14(4-9-22(27)28)18-7-8-19-17-6-5-15-12-16(25)10-11-23(15,2)20(17)13-21(26)24(18,19)3/h14-21,25-26H,4-13H2,1-3H3,(H,27,28)/t14?,15-,16-,17?,18?,19?,20+,21+,23+,24-/m1/s1. The molecular weight excluding hydrogens is 352 g/mol. The van der Waals surface area contributed by atoms with Crippen molar-refractivity contribution in [3.8, 4) is 0 Å². The number of aliphatic hydroxyl groups is 2. The quantitative estimate of drug-likeness (QED) is 0.659. The van der Waals surface area contributed by atoms with Gasteiger partial charge < -0.3 is 15.3 Å². The molecule has 4 heteroatoms. The molecule has 10 atom stereocenters. The third kappa shape index (κ3) is 3.05. The summed E-state index contributed by atoms with van der Waals surface area (Å²) in [5.41, 5.74) is 0.216. The second-order valence-electron chi connectivity index (χ2n) is 11.3. The average Bonchev–Trinajstić information content (AvgIpc) is 3.00. The lowest BCUT2D eigenvalue weighted by molar-refractivity contribution is -0.175. The lowest BCUT2D eigenvalue weighted by Gasteiger charge is -2.62. The van der Waals surface area contributed by atoms with E-state index in [0.29, 0.717) is 35.5 Å². The van der Waals surface area contributed by atoms with Gasteiger partial charge in [0.1, 0.15) is 0 Å². The molecule has 0 amide bonds. The van der Waals surface area contributed by atoms with E-state index < -0.39 is 5.97 Å². The number of hydrogen-bond acceptors (Lipinski definition) is 3. The highest BCUT2D eigenvalue weighted by molar-refractivity contribution is 5.66. The van der Waals surface area contributed by atoms with Crippen LogP contribution in [0, 0.1) is 46.3 Å². The van der Waals surface area contributed by atoms with Crippen molar-refractivity contribution in [1.82, 2.24) is 0 Å². The Hall–Kier alpha value is -0.610. The van der Waals surface area contributed by atoms with Gasteiger partial charge in [-0.2, -0.15) is 0 Å². The van der Waals surface area contributed by atoms with Crippen molar-refractivity contribution in [3.63, 3.8) is 0 Å². The van der Waals surface area contributed by atoms with Crippen LogP contribution in [0.25, 0.3) is 0 Å². The zero-order valence-electron chi connectivity index (χ0n) is 17.9. The van der Waals surface area contributed by atoms with E-state index in [1.807, 2.05) is 0 Å². The minimum Gasteiger partial charge on any atom is -0.481 e. The zero-order chi connectivity index (χ0) is 20.3. The molecule has 0 heterocycles. The Morgan fingerprint density at radius 3 is 2.50 bits per heavy atom. The van der Waals surface area contributed by atoms with Crippen molar-refractivity contribution < 1.29 is 20.1 Å². The summed E-state index contributed by atoms with van der Waals surface area (Å²) in [4.78, 5) is 11.1. The predicted molar refractivity (Wildman–Crippen MR) is 109 cm³/mol. The van der Waals surface area contributed by atoms with E-state index in [1.54, 1.807) is 0 Å². The number of hydrogen-bond donors (Lipinski definition) is 3. The molecule has 4 unspecified atom stereocenters. The van der Waals surface area contributed by atoms with Crippen LogP contribution in [-0.2, 0) is 4.79 Å². The molecule has 4 nitrogen and oxygen atoms in total. The highest BCUT2D eigenvalue weighted by Gasteiger charge is 2.63. The van der Waals surface area contributed by atoms with Crippen LogP contribution in [0.5, 0.6) is 0 Å².